The third kappa shape index (κ3) is 3.20. The quantitative estimate of drug-likeness (QED) is 0.680. The second kappa shape index (κ2) is 5.97. The van der Waals surface area contributed by atoms with Crippen LogP contribution in [-0.2, 0) is 0 Å². The Morgan fingerprint density at radius 2 is 1.94 bits per heavy atom. The molecule has 0 spiro atoms. The fourth-order valence-electron chi connectivity index (χ4n) is 1.74. The van der Waals surface area contributed by atoms with Gasteiger partial charge in [0, 0.05) is 4.47 Å². The number of thiophene rings is 1. The Morgan fingerprint density at radius 3 is 2.47 bits per heavy atom. The fraction of sp³-hybridized carbons (Fsp3) is 0.167. The first-order valence-corrected chi connectivity index (χ1v) is 8.19. The molecule has 1 N–H and O–H groups in total. The Labute approximate surface area is 130 Å². The molecule has 1 unspecified atom stereocenters. The molecule has 0 aliphatic heterocycles. The number of halogens is 3. The Morgan fingerprint density at radius 1 is 1.18 bits per heavy atom. The number of nitrogens with one attached hydrogen (secondary N) is 1. The van der Waals surface area contributed by atoms with E-state index in [1.54, 1.807) is 11.3 Å². The maximum Gasteiger partial charge on any atom is 0.0761 e. The molecule has 1 atom stereocenters. The van der Waals surface area contributed by atoms with Crippen molar-refractivity contribution in [2.45, 2.75) is 6.04 Å². The highest BCUT2D eigenvalue weighted by Gasteiger charge is 2.17. The summed E-state index contributed by atoms with van der Waals surface area (Å²) >= 11 is 12.3. The van der Waals surface area contributed by atoms with Gasteiger partial charge in [-0.3, -0.25) is 0 Å². The molecule has 17 heavy (non-hydrogen) atoms. The molecule has 0 saturated carbocycles. The van der Waals surface area contributed by atoms with Gasteiger partial charge in [-0.05, 0) is 68.2 Å². The van der Waals surface area contributed by atoms with Crippen LogP contribution < -0.4 is 5.32 Å². The molecule has 0 aliphatic carbocycles. The summed E-state index contributed by atoms with van der Waals surface area (Å²) in [6.07, 6.45) is 0. The standard InChI is InChI=1S/C12H10Br3NS/c1-16-11(7-3-2-4-8(13)5-7)9-6-10(14)17-12(9)15/h2-6,11,16H,1H3. The van der Waals surface area contributed by atoms with E-state index in [1.807, 2.05) is 13.1 Å². The predicted octanol–water partition coefficient (Wildman–Crippen LogP) is 5.34. The summed E-state index contributed by atoms with van der Waals surface area (Å²) in [5, 5.41) is 3.35. The van der Waals surface area contributed by atoms with Gasteiger partial charge in [0.25, 0.3) is 0 Å². The van der Waals surface area contributed by atoms with Gasteiger partial charge >= 0.3 is 0 Å². The molecule has 5 heteroatoms. The molecule has 1 nitrogen and oxygen atoms in total. The van der Waals surface area contributed by atoms with E-state index < -0.39 is 0 Å². The van der Waals surface area contributed by atoms with E-state index >= 15 is 0 Å². The lowest BCUT2D eigenvalue weighted by atomic mass is 10.0. The third-order valence-corrected chi connectivity index (χ3v) is 5.34. The van der Waals surface area contributed by atoms with Crippen molar-refractivity contribution in [2.24, 2.45) is 0 Å². The van der Waals surface area contributed by atoms with Crippen LogP contribution in [0, 0.1) is 0 Å². The Hall–Kier alpha value is 0.320. The molecule has 2 rings (SSSR count). The molecule has 1 aromatic carbocycles. The molecule has 90 valence electrons. The Bertz CT molecular complexity index is 524. The summed E-state index contributed by atoms with van der Waals surface area (Å²) in [6, 6.07) is 10.7. The van der Waals surface area contributed by atoms with Gasteiger partial charge in [0.2, 0.25) is 0 Å². The van der Waals surface area contributed by atoms with Gasteiger partial charge in [-0.25, -0.2) is 0 Å². The van der Waals surface area contributed by atoms with Crippen molar-refractivity contribution in [3.8, 4) is 0 Å². The van der Waals surface area contributed by atoms with E-state index in [9.17, 15) is 0 Å². The summed E-state index contributed by atoms with van der Waals surface area (Å²) in [7, 11) is 1.98. The minimum atomic E-state index is 0.199. The van der Waals surface area contributed by atoms with E-state index in [4.69, 9.17) is 0 Å². The molecule has 0 amide bonds. The first-order valence-electron chi connectivity index (χ1n) is 4.99. The van der Waals surface area contributed by atoms with Gasteiger partial charge in [0.15, 0.2) is 0 Å². The second-order valence-electron chi connectivity index (χ2n) is 3.56. The minimum Gasteiger partial charge on any atom is -0.309 e. The number of hydrogen-bond donors (Lipinski definition) is 1. The number of benzene rings is 1. The zero-order valence-electron chi connectivity index (χ0n) is 9.01. The molecule has 2 aromatic rings. The number of rotatable bonds is 3. The van der Waals surface area contributed by atoms with Gasteiger partial charge in [-0.2, -0.15) is 0 Å². The highest BCUT2D eigenvalue weighted by Crippen LogP contribution is 2.38. The number of hydrogen-bond acceptors (Lipinski definition) is 2. The largest absolute Gasteiger partial charge is 0.309 e. The van der Waals surface area contributed by atoms with Crippen molar-refractivity contribution >= 4 is 59.1 Å². The summed E-state index contributed by atoms with van der Waals surface area (Å²) in [4.78, 5) is 0. The van der Waals surface area contributed by atoms with Gasteiger partial charge < -0.3 is 5.32 Å². The Balaban J connectivity index is 2.43. The van der Waals surface area contributed by atoms with Crippen LogP contribution in [0.3, 0.4) is 0 Å². The van der Waals surface area contributed by atoms with Crippen LogP contribution in [0.2, 0.25) is 0 Å². The van der Waals surface area contributed by atoms with Crippen LogP contribution in [0.5, 0.6) is 0 Å². The molecule has 1 aromatic heterocycles. The van der Waals surface area contributed by atoms with E-state index in [0.717, 1.165) is 12.0 Å². The molecule has 1 heterocycles. The van der Waals surface area contributed by atoms with Gasteiger partial charge in [0.05, 0.1) is 13.6 Å². The molecular formula is C12H10Br3NS. The maximum atomic E-state index is 3.61. The maximum absolute atomic E-state index is 3.61. The minimum absolute atomic E-state index is 0.199. The summed E-state index contributed by atoms with van der Waals surface area (Å²) < 4.78 is 3.39. The van der Waals surface area contributed by atoms with Crippen LogP contribution in [0.1, 0.15) is 17.2 Å². The second-order valence-corrected chi connectivity index (χ2v) is 8.22. The van der Waals surface area contributed by atoms with E-state index in [-0.39, 0.29) is 6.04 Å². The average Bonchev–Trinajstić information content (AvgIpc) is 2.59. The lowest BCUT2D eigenvalue weighted by molar-refractivity contribution is 0.691. The summed E-state index contributed by atoms with van der Waals surface area (Å²) in [5.41, 5.74) is 2.50. The SMILES string of the molecule is CNC(c1cccc(Br)c1)c1cc(Br)sc1Br. The molecule has 0 aliphatic rings. The highest BCUT2D eigenvalue weighted by atomic mass is 79.9. The Kier molecular flexibility index (Phi) is 4.83. The van der Waals surface area contributed by atoms with Crippen molar-refractivity contribution in [3.63, 3.8) is 0 Å². The topological polar surface area (TPSA) is 12.0 Å². The van der Waals surface area contributed by atoms with Crippen molar-refractivity contribution in [1.29, 1.82) is 0 Å². The molecular weight excluding hydrogens is 430 g/mol. The van der Waals surface area contributed by atoms with E-state index in [1.165, 1.54) is 11.1 Å². The van der Waals surface area contributed by atoms with Crippen molar-refractivity contribution in [3.05, 3.63) is 53.5 Å². The summed E-state index contributed by atoms with van der Waals surface area (Å²) in [6.45, 7) is 0. The normalized spacial score (nSPS) is 12.7. The molecule has 0 radical (unpaired) electrons. The summed E-state index contributed by atoms with van der Waals surface area (Å²) in [5.74, 6) is 0. The van der Waals surface area contributed by atoms with Crippen LogP contribution in [0.15, 0.2) is 42.4 Å². The molecule has 0 fully saturated rings. The first-order chi connectivity index (χ1) is 8.11. The van der Waals surface area contributed by atoms with Crippen LogP contribution in [0.4, 0.5) is 0 Å². The first kappa shape index (κ1) is 13.7. The fourth-order valence-corrected chi connectivity index (χ4v) is 5.06. The average molecular weight is 440 g/mol. The van der Waals surface area contributed by atoms with Crippen molar-refractivity contribution in [2.75, 3.05) is 7.05 Å². The van der Waals surface area contributed by atoms with Gasteiger partial charge in [-0.1, -0.05) is 28.1 Å². The monoisotopic (exact) mass is 437 g/mol. The highest BCUT2D eigenvalue weighted by molar-refractivity contribution is 9.12. The zero-order chi connectivity index (χ0) is 12.4. The lowest BCUT2D eigenvalue weighted by Gasteiger charge is -2.16. The predicted molar refractivity (Wildman–Crippen MR) is 84.8 cm³/mol. The zero-order valence-corrected chi connectivity index (χ0v) is 14.6. The van der Waals surface area contributed by atoms with Crippen molar-refractivity contribution < 1.29 is 0 Å². The van der Waals surface area contributed by atoms with Crippen LogP contribution in [0.25, 0.3) is 0 Å². The molecule has 0 bridgehead atoms. The van der Waals surface area contributed by atoms with Crippen LogP contribution >= 0.6 is 59.1 Å². The van der Waals surface area contributed by atoms with E-state index in [0.29, 0.717) is 0 Å². The van der Waals surface area contributed by atoms with Crippen LogP contribution in [-0.4, -0.2) is 7.05 Å². The van der Waals surface area contributed by atoms with Crippen molar-refractivity contribution in [1.82, 2.24) is 5.32 Å². The smallest absolute Gasteiger partial charge is 0.0761 e. The lowest BCUT2D eigenvalue weighted by Crippen LogP contribution is -2.17. The van der Waals surface area contributed by atoms with E-state index in [2.05, 4.69) is 77.4 Å². The molecule has 0 saturated heterocycles. The van der Waals surface area contributed by atoms with Gasteiger partial charge in [-0.15, -0.1) is 11.3 Å². The van der Waals surface area contributed by atoms with Gasteiger partial charge in [0.1, 0.15) is 0 Å². The third-order valence-electron chi connectivity index (χ3n) is 2.46.